The van der Waals surface area contributed by atoms with Gasteiger partial charge in [0.05, 0.1) is 0 Å². The first-order chi connectivity index (χ1) is 5.10. The summed E-state index contributed by atoms with van der Waals surface area (Å²) >= 11 is 0. The smallest absolute Gasteiger partial charge is 0.300 e. The van der Waals surface area contributed by atoms with Crippen LogP contribution in [-0.2, 0) is 13.6 Å². The first kappa shape index (κ1) is 11.9. The highest BCUT2D eigenvalue weighted by Crippen LogP contribution is 2.32. The summed E-state index contributed by atoms with van der Waals surface area (Å²) in [5, 5.41) is 0. The maximum Gasteiger partial charge on any atom is 0.701 e. The molecule has 0 aromatic heterocycles. The summed E-state index contributed by atoms with van der Waals surface area (Å²) in [4.78, 5) is 0. The van der Waals surface area contributed by atoms with E-state index in [1.807, 2.05) is 0 Å². The van der Waals surface area contributed by atoms with Crippen molar-refractivity contribution in [2.24, 2.45) is 11.5 Å². The average Bonchev–Trinajstić information content (AvgIpc) is 1.49. The molecule has 0 fully saturated rings. The molecule has 0 aromatic rings. The first-order valence-electron chi connectivity index (χ1n) is 3.53. The van der Waals surface area contributed by atoms with Gasteiger partial charge in [0.1, 0.15) is 0 Å². The van der Waals surface area contributed by atoms with E-state index in [1.165, 1.54) is 0 Å². The van der Waals surface area contributed by atoms with Crippen molar-refractivity contribution in [3.63, 3.8) is 0 Å². The van der Waals surface area contributed by atoms with Gasteiger partial charge in [-0.2, -0.15) is 0 Å². The molecule has 0 saturated carbocycles. The third-order valence-corrected chi connectivity index (χ3v) is 1.86. The lowest BCUT2D eigenvalue weighted by atomic mass is 10.4. The van der Waals surface area contributed by atoms with Crippen molar-refractivity contribution >= 4 is 8.25 Å². The predicted molar refractivity (Wildman–Crippen MR) is 46.3 cm³/mol. The summed E-state index contributed by atoms with van der Waals surface area (Å²) in [6.07, 6.45) is 0. The van der Waals surface area contributed by atoms with Gasteiger partial charge in [-0.1, -0.05) is 9.05 Å². The molecule has 4 N–H and O–H groups in total. The van der Waals surface area contributed by atoms with Gasteiger partial charge in [-0.15, -0.1) is 0 Å². The second-order valence-electron chi connectivity index (χ2n) is 3.61. The normalized spacial score (nSPS) is 13.2. The van der Waals surface area contributed by atoms with Crippen molar-refractivity contribution in [2.45, 2.75) is 39.1 Å². The molecule has 0 bridgehead atoms. The number of rotatable bonds is 4. The third kappa shape index (κ3) is 8.04. The Morgan fingerprint density at radius 1 is 1.00 bits per heavy atom. The molecule has 0 aliphatic rings. The van der Waals surface area contributed by atoms with E-state index >= 15 is 0 Å². The predicted octanol–water partition coefficient (Wildman–Crippen LogP) is 1.07. The molecule has 0 aromatic carbocycles. The molecule has 0 atom stereocenters. The average molecular weight is 195 g/mol. The summed E-state index contributed by atoms with van der Waals surface area (Å²) < 4.78 is 20.6. The van der Waals surface area contributed by atoms with E-state index in [1.54, 1.807) is 27.7 Å². The molecule has 0 rings (SSSR count). The van der Waals surface area contributed by atoms with Gasteiger partial charge in [-0.25, -0.2) is 0 Å². The third-order valence-electron chi connectivity index (χ3n) is 0.620. The quantitative estimate of drug-likeness (QED) is 0.517. The standard InChI is InChI=1S/C6H16N2O3P/c1-5(2,7)10-12(9)11-6(3,4)8/h7-8H2,1-4H3/q+1. The maximum absolute atomic E-state index is 11.0. The van der Waals surface area contributed by atoms with Crippen LogP contribution >= 0.6 is 8.25 Å². The fraction of sp³-hybridized carbons (Fsp3) is 1.00. The minimum absolute atomic E-state index is 0.974. The molecular weight excluding hydrogens is 179 g/mol. The van der Waals surface area contributed by atoms with Crippen LogP contribution in [0.4, 0.5) is 0 Å². The summed E-state index contributed by atoms with van der Waals surface area (Å²) in [5.41, 5.74) is 8.91. The van der Waals surface area contributed by atoms with Crippen molar-refractivity contribution < 1.29 is 13.6 Å². The molecule has 0 radical (unpaired) electrons. The first-order valence-corrected chi connectivity index (χ1v) is 4.63. The topological polar surface area (TPSA) is 87.6 Å². The van der Waals surface area contributed by atoms with Gasteiger partial charge in [0.25, 0.3) is 0 Å². The molecule has 0 amide bonds. The van der Waals surface area contributed by atoms with E-state index in [0.29, 0.717) is 0 Å². The van der Waals surface area contributed by atoms with Crippen LogP contribution in [0.5, 0.6) is 0 Å². The Hall–Kier alpha value is -0.0600. The Morgan fingerprint density at radius 2 is 1.25 bits per heavy atom. The zero-order valence-electron chi connectivity index (χ0n) is 7.83. The van der Waals surface area contributed by atoms with Crippen LogP contribution in [0, 0.1) is 0 Å². The lowest BCUT2D eigenvalue weighted by Gasteiger charge is -2.12. The largest absolute Gasteiger partial charge is 0.701 e. The highest BCUT2D eigenvalue weighted by Gasteiger charge is 2.35. The fourth-order valence-corrected chi connectivity index (χ4v) is 1.21. The molecule has 12 heavy (non-hydrogen) atoms. The Bertz CT molecular complexity index is 153. The minimum atomic E-state index is -2.26. The summed E-state index contributed by atoms with van der Waals surface area (Å²) in [6.45, 7) is 6.31. The van der Waals surface area contributed by atoms with Gasteiger partial charge in [-0.05, 0) is 27.7 Å². The molecule has 0 unspecified atom stereocenters. The lowest BCUT2D eigenvalue weighted by Crippen LogP contribution is -2.36. The van der Waals surface area contributed by atoms with Crippen molar-refractivity contribution in [3.05, 3.63) is 0 Å². The fourth-order valence-electron chi connectivity index (χ4n) is 0.403. The summed E-state index contributed by atoms with van der Waals surface area (Å²) in [5.74, 6) is 0. The van der Waals surface area contributed by atoms with Gasteiger partial charge in [0.2, 0.25) is 0 Å². The molecule has 6 heteroatoms. The van der Waals surface area contributed by atoms with E-state index in [2.05, 4.69) is 0 Å². The van der Waals surface area contributed by atoms with Crippen LogP contribution in [0.15, 0.2) is 0 Å². The van der Waals surface area contributed by atoms with Gasteiger partial charge < -0.3 is 0 Å². The van der Waals surface area contributed by atoms with E-state index < -0.39 is 19.7 Å². The lowest BCUT2D eigenvalue weighted by molar-refractivity contribution is 0.0518. The van der Waals surface area contributed by atoms with Gasteiger partial charge >= 0.3 is 8.25 Å². The van der Waals surface area contributed by atoms with Crippen LogP contribution in [-0.4, -0.2) is 11.4 Å². The molecule has 0 spiro atoms. The second-order valence-corrected chi connectivity index (χ2v) is 4.43. The molecular formula is C6H16N2O3P+. The summed E-state index contributed by atoms with van der Waals surface area (Å²) in [6, 6.07) is 0. The van der Waals surface area contributed by atoms with E-state index in [9.17, 15) is 4.57 Å². The Balaban J connectivity index is 3.92. The van der Waals surface area contributed by atoms with Crippen molar-refractivity contribution in [3.8, 4) is 0 Å². The van der Waals surface area contributed by atoms with Crippen LogP contribution < -0.4 is 11.5 Å². The minimum Gasteiger partial charge on any atom is -0.300 e. The van der Waals surface area contributed by atoms with Crippen molar-refractivity contribution in [2.75, 3.05) is 0 Å². The Kier molecular flexibility index (Phi) is 3.75. The van der Waals surface area contributed by atoms with Gasteiger partial charge in [-0.3, -0.25) is 11.5 Å². The van der Waals surface area contributed by atoms with E-state index in [4.69, 9.17) is 20.5 Å². The summed E-state index contributed by atoms with van der Waals surface area (Å²) in [7, 11) is -2.26. The van der Waals surface area contributed by atoms with Crippen LogP contribution in [0.1, 0.15) is 27.7 Å². The molecule has 0 heterocycles. The van der Waals surface area contributed by atoms with E-state index in [-0.39, 0.29) is 0 Å². The monoisotopic (exact) mass is 195 g/mol. The van der Waals surface area contributed by atoms with Crippen LogP contribution in [0.25, 0.3) is 0 Å². The van der Waals surface area contributed by atoms with Crippen LogP contribution in [0.2, 0.25) is 0 Å². The Labute approximate surface area is 73.3 Å². The SMILES string of the molecule is CC(C)(N)O[P+](=O)OC(C)(C)N. The van der Waals surface area contributed by atoms with Gasteiger partial charge in [0.15, 0.2) is 11.4 Å². The highest BCUT2D eigenvalue weighted by atomic mass is 31.1. The zero-order chi connectivity index (χ0) is 9.99. The number of hydrogen-bond donors (Lipinski definition) is 2. The Morgan fingerprint density at radius 3 is 1.42 bits per heavy atom. The molecule has 72 valence electrons. The molecule has 0 aliphatic carbocycles. The van der Waals surface area contributed by atoms with Crippen molar-refractivity contribution in [1.82, 2.24) is 0 Å². The highest BCUT2D eigenvalue weighted by molar-refractivity contribution is 7.33. The van der Waals surface area contributed by atoms with Gasteiger partial charge in [0, 0.05) is 4.57 Å². The molecule has 0 aliphatic heterocycles. The zero-order valence-corrected chi connectivity index (χ0v) is 8.72. The maximum atomic E-state index is 11.0. The second kappa shape index (κ2) is 3.77. The molecule has 0 saturated heterocycles. The van der Waals surface area contributed by atoms with Crippen LogP contribution in [0.3, 0.4) is 0 Å². The number of hydrogen-bond acceptors (Lipinski definition) is 5. The van der Waals surface area contributed by atoms with Crippen molar-refractivity contribution in [1.29, 1.82) is 0 Å². The number of nitrogens with two attached hydrogens (primary N) is 2. The van der Waals surface area contributed by atoms with E-state index in [0.717, 1.165) is 0 Å². The molecule has 5 nitrogen and oxygen atoms in total.